The van der Waals surface area contributed by atoms with E-state index in [9.17, 15) is 4.79 Å². The zero-order valence-electron chi connectivity index (χ0n) is 11.5. The van der Waals surface area contributed by atoms with E-state index >= 15 is 0 Å². The molecule has 0 atom stereocenters. The molecule has 0 aromatic rings. The van der Waals surface area contributed by atoms with Crippen molar-refractivity contribution in [3.8, 4) is 0 Å². The van der Waals surface area contributed by atoms with E-state index in [0.29, 0.717) is 6.42 Å². The van der Waals surface area contributed by atoms with Crippen molar-refractivity contribution < 1.29 is 4.79 Å². The van der Waals surface area contributed by atoms with Gasteiger partial charge in [-0.1, -0.05) is 38.5 Å². The summed E-state index contributed by atoms with van der Waals surface area (Å²) in [5, 5.41) is 3.04. The molecule has 3 N–H and O–H groups in total. The lowest BCUT2D eigenvalue weighted by atomic mass is 10.0. The largest absolute Gasteiger partial charge is 0.356 e. The van der Waals surface area contributed by atoms with E-state index in [1.54, 1.807) is 0 Å². The van der Waals surface area contributed by atoms with Gasteiger partial charge in [0.25, 0.3) is 0 Å². The Morgan fingerprint density at radius 2 is 1.78 bits per heavy atom. The standard InChI is InChI=1S/C14H28N2O.ClH/c15-11-6-2-1-3-9-14(17)16-12-10-13-7-4-5-8-13;/h13H,1-12,15H2,(H,16,17);1H. The fraction of sp³-hybridized carbons (Fsp3) is 0.929. The molecule has 18 heavy (non-hydrogen) atoms. The Hall–Kier alpha value is -0.280. The molecule has 0 bridgehead atoms. The maximum absolute atomic E-state index is 11.5. The molecule has 108 valence electrons. The minimum atomic E-state index is 0. The molecule has 0 spiro atoms. The van der Waals surface area contributed by atoms with Crippen LogP contribution in [0.2, 0.25) is 0 Å². The lowest BCUT2D eigenvalue weighted by Crippen LogP contribution is -2.25. The van der Waals surface area contributed by atoms with E-state index in [0.717, 1.165) is 44.7 Å². The minimum Gasteiger partial charge on any atom is -0.356 e. The second-order valence-electron chi connectivity index (χ2n) is 5.24. The van der Waals surface area contributed by atoms with Crippen LogP contribution in [0, 0.1) is 5.92 Å². The Kier molecular flexibility index (Phi) is 11.6. The van der Waals surface area contributed by atoms with Crippen molar-refractivity contribution in [1.29, 1.82) is 0 Å². The van der Waals surface area contributed by atoms with Gasteiger partial charge in [0.15, 0.2) is 0 Å². The van der Waals surface area contributed by atoms with E-state index in [1.165, 1.54) is 32.1 Å². The number of rotatable bonds is 9. The first-order valence-corrected chi connectivity index (χ1v) is 7.29. The maximum atomic E-state index is 11.5. The van der Waals surface area contributed by atoms with Gasteiger partial charge in [-0.05, 0) is 31.7 Å². The van der Waals surface area contributed by atoms with Crippen molar-refractivity contribution in [2.45, 2.75) is 64.2 Å². The van der Waals surface area contributed by atoms with Gasteiger partial charge in [0.05, 0.1) is 0 Å². The summed E-state index contributed by atoms with van der Waals surface area (Å²) in [5.74, 6) is 1.11. The lowest BCUT2D eigenvalue weighted by molar-refractivity contribution is -0.121. The quantitative estimate of drug-likeness (QED) is 0.636. The molecule has 4 heteroatoms. The molecular weight excluding hydrogens is 248 g/mol. The van der Waals surface area contributed by atoms with Gasteiger partial charge < -0.3 is 11.1 Å². The van der Waals surface area contributed by atoms with Crippen molar-refractivity contribution in [3.63, 3.8) is 0 Å². The van der Waals surface area contributed by atoms with Crippen molar-refractivity contribution in [1.82, 2.24) is 5.32 Å². The smallest absolute Gasteiger partial charge is 0.219 e. The molecule has 1 fully saturated rings. The summed E-state index contributed by atoms with van der Waals surface area (Å²) in [7, 11) is 0. The fourth-order valence-corrected chi connectivity index (χ4v) is 2.59. The van der Waals surface area contributed by atoms with Crippen LogP contribution in [-0.2, 0) is 4.79 Å². The normalized spacial score (nSPS) is 15.4. The number of hydrogen-bond donors (Lipinski definition) is 2. The highest BCUT2D eigenvalue weighted by Crippen LogP contribution is 2.26. The topological polar surface area (TPSA) is 55.1 Å². The van der Waals surface area contributed by atoms with Gasteiger partial charge in [-0.2, -0.15) is 0 Å². The summed E-state index contributed by atoms with van der Waals surface area (Å²) in [6, 6.07) is 0. The number of nitrogens with one attached hydrogen (secondary N) is 1. The first-order valence-electron chi connectivity index (χ1n) is 7.29. The van der Waals surface area contributed by atoms with Gasteiger partial charge in [-0.3, -0.25) is 4.79 Å². The van der Waals surface area contributed by atoms with E-state index in [1.807, 2.05) is 0 Å². The Bertz CT molecular complexity index is 206. The number of halogens is 1. The number of carbonyl (C=O) groups excluding carboxylic acids is 1. The van der Waals surface area contributed by atoms with Crippen LogP contribution in [0.25, 0.3) is 0 Å². The SMILES string of the molecule is Cl.NCCCCCCC(=O)NCCC1CCCC1. The zero-order chi connectivity index (χ0) is 12.3. The van der Waals surface area contributed by atoms with Crippen LogP contribution < -0.4 is 11.1 Å². The van der Waals surface area contributed by atoms with Crippen LogP contribution in [0.15, 0.2) is 0 Å². The van der Waals surface area contributed by atoms with Gasteiger partial charge in [-0.25, -0.2) is 0 Å². The molecule has 3 nitrogen and oxygen atoms in total. The highest BCUT2D eigenvalue weighted by Gasteiger charge is 2.14. The Labute approximate surface area is 118 Å². The van der Waals surface area contributed by atoms with E-state index in [-0.39, 0.29) is 18.3 Å². The molecule has 0 aliphatic heterocycles. The lowest BCUT2D eigenvalue weighted by Gasteiger charge is -2.09. The number of amides is 1. The van der Waals surface area contributed by atoms with Crippen molar-refractivity contribution in [3.05, 3.63) is 0 Å². The summed E-state index contributed by atoms with van der Waals surface area (Å²) in [6.45, 7) is 1.65. The van der Waals surface area contributed by atoms with Crippen LogP contribution in [0.5, 0.6) is 0 Å². The number of hydrogen-bond acceptors (Lipinski definition) is 2. The number of carbonyl (C=O) groups is 1. The first-order chi connectivity index (χ1) is 8.33. The predicted molar refractivity (Wildman–Crippen MR) is 79.0 cm³/mol. The first kappa shape index (κ1) is 17.7. The third-order valence-corrected chi connectivity index (χ3v) is 3.71. The maximum Gasteiger partial charge on any atom is 0.219 e. The van der Waals surface area contributed by atoms with Gasteiger partial charge in [0.1, 0.15) is 0 Å². The second-order valence-corrected chi connectivity index (χ2v) is 5.24. The molecule has 0 saturated heterocycles. The minimum absolute atomic E-state index is 0. The predicted octanol–water partition coefficient (Wildman–Crippen LogP) is 3.01. The number of nitrogens with two attached hydrogens (primary N) is 1. The molecule has 1 amide bonds. The molecule has 0 aromatic heterocycles. The van der Waals surface area contributed by atoms with Crippen LogP contribution in [0.1, 0.15) is 64.2 Å². The van der Waals surface area contributed by atoms with Crippen LogP contribution in [0.3, 0.4) is 0 Å². The third-order valence-electron chi connectivity index (χ3n) is 3.71. The molecule has 1 aliphatic rings. The average molecular weight is 277 g/mol. The van der Waals surface area contributed by atoms with E-state index in [2.05, 4.69) is 5.32 Å². The monoisotopic (exact) mass is 276 g/mol. The highest BCUT2D eigenvalue weighted by molar-refractivity contribution is 5.85. The molecule has 0 unspecified atom stereocenters. The summed E-state index contributed by atoms with van der Waals surface area (Å²) < 4.78 is 0. The Balaban J connectivity index is 0.00000289. The van der Waals surface area contributed by atoms with Gasteiger partial charge >= 0.3 is 0 Å². The zero-order valence-corrected chi connectivity index (χ0v) is 12.3. The summed E-state index contributed by atoms with van der Waals surface area (Å²) >= 11 is 0. The Morgan fingerprint density at radius 1 is 1.11 bits per heavy atom. The van der Waals surface area contributed by atoms with E-state index < -0.39 is 0 Å². The van der Waals surface area contributed by atoms with Gasteiger partial charge in [0, 0.05) is 13.0 Å². The van der Waals surface area contributed by atoms with Gasteiger partial charge in [-0.15, -0.1) is 12.4 Å². The van der Waals surface area contributed by atoms with Gasteiger partial charge in [0.2, 0.25) is 5.91 Å². The van der Waals surface area contributed by atoms with Crippen LogP contribution in [-0.4, -0.2) is 19.0 Å². The highest BCUT2D eigenvalue weighted by atomic mass is 35.5. The summed E-state index contributed by atoms with van der Waals surface area (Å²) in [5.41, 5.74) is 5.42. The number of unbranched alkanes of at least 4 members (excludes halogenated alkanes) is 3. The van der Waals surface area contributed by atoms with Crippen LogP contribution >= 0.6 is 12.4 Å². The summed E-state index contributed by atoms with van der Waals surface area (Å²) in [4.78, 5) is 11.5. The molecule has 0 aromatic carbocycles. The Morgan fingerprint density at radius 3 is 2.44 bits per heavy atom. The molecule has 1 saturated carbocycles. The van der Waals surface area contributed by atoms with E-state index in [4.69, 9.17) is 5.73 Å². The second kappa shape index (κ2) is 11.8. The summed E-state index contributed by atoms with van der Waals surface area (Å²) in [6.07, 6.45) is 11.8. The van der Waals surface area contributed by atoms with Crippen LogP contribution in [0.4, 0.5) is 0 Å². The average Bonchev–Trinajstić information content (AvgIpc) is 2.82. The fourth-order valence-electron chi connectivity index (χ4n) is 2.59. The van der Waals surface area contributed by atoms with Crippen molar-refractivity contribution in [2.24, 2.45) is 11.7 Å². The third kappa shape index (κ3) is 8.76. The molecular formula is C14H29ClN2O. The molecule has 0 heterocycles. The van der Waals surface area contributed by atoms with Crippen molar-refractivity contribution >= 4 is 18.3 Å². The molecule has 0 radical (unpaired) electrons. The van der Waals surface area contributed by atoms with Crippen molar-refractivity contribution in [2.75, 3.05) is 13.1 Å². The molecule has 1 aliphatic carbocycles. The molecule has 1 rings (SSSR count).